The van der Waals surface area contributed by atoms with Gasteiger partial charge in [-0.1, -0.05) is 11.6 Å². The zero-order valence-corrected chi connectivity index (χ0v) is 12.4. The van der Waals surface area contributed by atoms with Crippen molar-refractivity contribution >= 4 is 34.7 Å². The molecule has 0 radical (unpaired) electrons. The first kappa shape index (κ1) is 14.3. The zero-order chi connectivity index (χ0) is 14.8. The van der Waals surface area contributed by atoms with E-state index in [1.807, 2.05) is 20.8 Å². The maximum atomic E-state index is 6.06. The highest BCUT2D eigenvalue weighted by molar-refractivity contribution is 6.30. The number of aromatic nitrogens is 3. The maximum absolute atomic E-state index is 6.06. The van der Waals surface area contributed by atoms with Crippen LogP contribution in [-0.4, -0.2) is 20.5 Å². The van der Waals surface area contributed by atoms with Crippen LogP contribution in [0.2, 0.25) is 5.02 Å². The Balaban J connectivity index is 2.24. The third-order valence-electron chi connectivity index (χ3n) is 2.35. The van der Waals surface area contributed by atoms with Gasteiger partial charge >= 0.3 is 0 Å². The highest BCUT2D eigenvalue weighted by atomic mass is 35.5. The van der Waals surface area contributed by atoms with Crippen molar-refractivity contribution in [2.45, 2.75) is 26.3 Å². The first-order valence-electron chi connectivity index (χ1n) is 6.12. The first-order valence-corrected chi connectivity index (χ1v) is 6.50. The second-order valence-corrected chi connectivity index (χ2v) is 5.78. The molecule has 6 nitrogen and oxygen atoms in total. The molecule has 20 heavy (non-hydrogen) atoms. The molecular formula is C13H17ClN6. The number of anilines is 4. The average Bonchev–Trinajstić information content (AvgIpc) is 2.35. The molecule has 0 amide bonds. The summed E-state index contributed by atoms with van der Waals surface area (Å²) >= 11 is 5.79. The summed E-state index contributed by atoms with van der Waals surface area (Å²) in [5.41, 5.74) is 6.37. The van der Waals surface area contributed by atoms with Crippen molar-refractivity contribution in [2.24, 2.45) is 0 Å². The highest BCUT2D eigenvalue weighted by Crippen LogP contribution is 2.27. The number of rotatable bonds is 3. The van der Waals surface area contributed by atoms with Crippen LogP contribution in [0.1, 0.15) is 20.8 Å². The van der Waals surface area contributed by atoms with Crippen LogP contribution >= 0.6 is 11.6 Å². The van der Waals surface area contributed by atoms with Gasteiger partial charge in [-0.05, 0) is 32.9 Å². The Morgan fingerprint density at radius 3 is 2.40 bits per heavy atom. The number of nitrogen functional groups attached to an aromatic ring is 1. The van der Waals surface area contributed by atoms with E-state index in [2.05, 4.69) is 25.6 Å². The average molecular weight is 293 g/mol. The van der Waals surface area contributed by atoms with Crippen molar-refractivity contribution < 1.29 is 0 Å². The van der Waals surface area contributed by atoms with E-state index in [0.717, 1.165) is 0 Å². The summed E-state index contributed by atoms with van der Waals surface area (Å²) in [7, 11) is 0. The predicted octanol–water partition coefficient (Wildman–Crippen LogP) is 3.06. The number of nitrogens with zero attached hydrogens (tertiary/aromatic N) is 3. The maximum Gasteiger partial charge on any atom is 0.160 e. The SMILES string of the molecule is CC(C)(C)Nc1ncnc(Nc2ccc(Cl)cn2)c1N. The van der Waals surface area contributed by atoms with Crippen molar-refractivity contribution in [3.63, 3.8) is 0 Å². The minimum absolute atomic E-state index is 0.141. The lowest BCUT2D eigenvalue weighted by Crippen LogP contribution is -2.27. The van der Waals surface area contributed by atoms with Crippen LogP contribution in [0.15, 0.2) is 24.7 Å². The fourth-order valence-corrected chi connectivity index (χ4v) is 1.63. The van der Waals surface area contributed by atoms with Gasteiger partial charge in [0.15, 0.2) is 11.6 Å². The van der Waals surface area contributed by atoms with E-state index >= 15 is 0 Å². The van der Waals surface area contributed by atoms with Crippen LogP contribution in [0.4, 0.5) is 23.1 Å². The fraction of sp³-hybridized carbons (Fsp3) is 0.308. The van der Waals surface area contributed by atoms with Crippen LogP contribution in [0.5, 0.6) is 0 Å². The minimum atomic E-state index is -0.141. The summed E-state index contributed by atoms with van der Waals surface area (Å²) in [5, 5.41) is 6.84. The van der Waals surface area contributed by atoms with Crippen molar-refractivity contribution in [2.75, 3.05) is 16.4 Å². The normalized spacial score (nSPS) is 11.2. The van der Waals surface area contributed by atoms with Crippen LogP contribution in [0, 0.1) is 0 Å². The lowest BCUT2D eigenvalue weighted by molar-refractivity contribution is 0.630. The molecule has 2 rings (SSSR count). The summed E-state index contributed by atoms with van der Waals surface area (Å²) in [4.78, 5) is 12.4. The second-order valence-electron chi connectivity index (χ2n) is 5.35. The third kappa shape index (κ3) is 3.71. The quantitative estimate of drug-likeness (QED) is 0.806. The molecule has 7 heteroatoms. The van der Waals surface area contributed by atoms with Crippen molar-refractivity contribution in [1.29, 1.82) is 0 Å². The topological polar surface area (TPSA) is 88.8 Å². The van der Waals surface area contributed by atoms with E-state index in [1.54, 1.807) is 18.3 Å². The molecule has 0 unspecified atom stereocenters. The second kappa shape index (κ2) is 5.50. The van der Waals surface area contributed by atoms with E-state index < -0.39 is 0 Å². The predicted molar refractivity (Wildman–Crippen MR) is 82.3 cm³/mol. The molecule has 2 aromatic heterocycles. The highest BCUT2D eigenvalue weighted by Gasteiger charge is 2.15. The number of pyridine rings is 1. The molecule has 0 saturated carbocycles. The standard InChI is InChI=1S/C13H17ClN6/c1-13(2,3)20-12-10(15)11(17-7-18-12)19-9-5-4-8(14)6-16-9/h4-7H,15H2,1-3H3,(H2,16,17,18,19,20). The van der Waals surface area contributed by atoms with Crippen molar-refractivity contribution in [3.8, 4) is 0 Å². The molecular weight excluding hydrogens is 276 g/mol. The Labute approximate surface area is 122 Å². The zero-order valence-electron chi connectivity index (χ0n) is 11.6. The van der Waals surface area contributed by atoms with E-state index in [9.17, 15) is 0 Å². The Kier molecular flexibility index (Phi) is 3.94. The molecule has 2 aromatic rings. The molecule has 0 spiro atoms. The molecule has 0 aromatic carbocycles. The molecule has 0 aliphatic rings. The lowest BCUT2D eigenvalue weighted by Gasteiger charge is -2.22. The monoisotopic (exact) mass is 292 g/mol. The molecule has 0 fully saturated rings. The van der Waals surface area contributed by atoms with E-state index in [1.165, 1.54) is 6.33 Å². The van der Waals surface area contributed by atoms with Gasteiger partial charge < -0.3 is 16.4 Å². The summed E-state index contributed by atoms with van der Waals surface area (Å²) in [6.45, 7) is 6.09. The van der Waals surface area contributed by atoms with Gasteiger partial charge in [-0.2, -0.15) is 0 Å². The minimum Gasteiger partial charge on any atom is -0.393 e. The Morgan fingerprint density at radius 2 is 1.80 bits per heavy atom. The Morgan fingerprint density at radius 1 is 1.10 bits per heavy atom. The third-order valence-corrected chi connectivity index (χ3v) is 2.57. The van der Waals surface area contributed by atoms with Gasteiger partial charge in [0.05, 0.1) is 5.02 Å². The molecule has 2 heterocycles. The van der Waals surface area contributed by atoms with Gasteiger partial charge in [-0.3, -0.25) is 0 Å². The van der Waals surface area contributed by atoms with Gasteiger partial charge in [0.2, 0.25) is 0 Å². The van der Waals surface area contributed by atoms with Crippen LogP contribution < -0.4 is 16.4 Å². The molecule has 0 aliphatic carbocycles. The number of hydrogen-bond donors (Lipinski definition) is 3. The smallest absolute Gasteiger partial charge is 0.160 e. The van der Waals surface area contributed by atoms with Gasteiger partial charge in [0.25, 0.3) is 0 Å². The number of halogens is 1. The largest absolute Gasteiger partial charge is 0.393 e. The molecule has 0 saturated heterocycles. The number of nitrogens with two attached hydrogens (primary N) is 1. The first-order chi connectivity index (χ1) is 9.35. The number of hydrogen-bond acceptors (Lipinski definition) is 6. The van der Waals surface area contributed by atoms with Crippen LogP contribution in [-0.2, 0) is 0 Å². The molecule has 0 atom stereocenters. The molecule has 4 N–H and O–H groups in total. The fourth-order valence-electron chi connectivity index (χ4n) is 1.52. The number of nitrogens with one attached hydrogen (secondary N) is 2. The molecule has 106 valence electrons. The molecule has 0 aliphatic heterocycles. The van der Waals surface area contributed by atoms with Crippen LogP contribution in [0.25, 0.3) is 0 Å². The van der Waals surface area contributed by atoms with Crippen LogP contribution in [0.3, 0.4) is 0 Å². The summed E-state index contributed by atoms with van der Waals surface area (Å²) < 4.78 is 0. The van der Waals surface area contributed by atoms with Gasteiger partial charge in [-0.15, -0.1) is 0 Å². The van der Waals surface area contributed by atoms with Gasteiger partial charge in [0.1, 0.15) is 17.8 Å². The van der Waals surface area contributed by atoms with Crippen molar-refractivity contribution in [3.05, 3.63) is 29.7 Å². The van der Waals surface area contributed by atoms with E-state index in [-0.39, 0.29) is 5.54 Å². The molecule has 0 bridgehead atoms. The summed E-state index contributed by atoms with van der Waals surface area (Å²) in [5.74, 6) is 1.70. The lowest BCUT2D eigenvalue weighted by atomic mass is 10.1. The van der Waals surface area contributed by atoms with Gasteiger partial charge in [0, 0.05) is 11.7 Å². The summed E-state index contributed by atoms with van der Waals surface area (Å²) in [6.07, 6.45) is 3.00. The Bertz CT molecular complexity index is 591. The van der Waals surface area contributed by atoms with E-state index in [4.69, 9.17) is 17.3 Å². The van der Waals surface area contributed by atoms with E-state index in [0.29, 0.717) is 28.2 Å². The Hall–Kier alpha value is -2.08. The van der Waals surface area contributed by atoms with Crippen molar-refractivity contribution in [1.82, 2.24) is 15.0 Å². The van der Waals surface area contributed by atoms with Gasteiger partial charge in [-0.25, -0.2) is 15.0 Å². The summed E-state index contributed by atoms with van der Waals surface area (Å²) in [6, 6.07) is 3.49.